The fraction of sp³-hybridized carbons (Fsp3) is 0.188. The molecule has 3 heteroatoms. The van der Waals surface area contributed by atoms with Gasteiger partial charge in [-0.15, -0.1) is 0 Å². The van der Waals surface area contributed by atoms with Crippen molar-refractivity contribution in [3.05, 3.63) is 71.8 Å². The van der Waals surface area contributed by atoms with Crippen molar-refractivity contribution in [3.8, 4) is 0 Å². The van der Waals surface area contributed by atoms with Crippen LogP contribution in [0, 0.1) is 0 Å². The molecule has 0 unspecified atom stereocenters. The van der Waals surface area contributed by atoms with Crippen molar-refractivity contribution < 1.29 is 9.90 Å². The van der Waals surface area contributed by atoms with Gasteiger partial charge in [-0.2, -0.15) is 0 Å². The van der Waals surface area contributed by atoms with Crippen LogP contribution in [-0.2, 0) is 10.3 Å². The summed E-state index contributed by atoms with van der Waals surface area (Å²) in [6.07, 6.45) is 0. The zero-order valence-electron chi connectivity index (χ0n) is 10.8. The Morgan fingerprint density at radius 1 is 1.00 bits per heavy atom. The average molecular weight is 255 g/mol. The van der Waals surface area contributed by atoms with Gasteiger partial charge in [0, 0.05) is 0 Å². The van der Waals surface area contributed by atoms with E-state index in [1.54, 1.807) is 0 Å². The molecule has 98 valence electrons. The van der Waals surface area contributed by atoms with Crippen molar-refractivity contribution in [2.45, 2.75) is 12.5 Å². The summed E-state index contributed by atoms with van der Waals surface area (Å²) in [6, 6.07) is 19.4. The van der Waals surface area contributed by atoms with E-state index in [0.29, 0.717) is 0 Å². The van der Waals surface area contributed by atoms with Gasteiger partial charge in [0.2, 0.25) is 5.91 Å². The maximum atomic E-state index is 11.6. The zero-order valence-corrected chi connectivity index (χ0v) is 10.8. The van der Waals surface area contributed by atoms with E-state index in [9.17, 15) is 4.79 Å². The highest BCUT2D eigenvalue weighted by molar-refractivity contribution is 5.78. The summed E-state index contributed by atoms with van der Waals surface area (Å²) in [5.41, 5.74) is 1.30. The molecular formula is C16H17NO2. The molecule has 2 N–H and O–H groups in total. The lowest BCUT2D eigenvalue weighted by molar-refractivity contribution is -0.125. The number of nitrogens with one attached hydrogen (secondary N) is 1. The lowest BCUT2D eigenvalue weighted by Crippen LogP contribution is -2.45. The molecule has 2 aromatic rings. The predicted molar refractivity (Wildman–Crippen MR) is 74.6 cm³/mol. The molecule has 0 saturated heterocycles. The summed E-state index contributed by atoms with van der Waals surface area (Å²) in [7, 11) is 0. The first-order chi connectivity index (χ1) is 9.16. The van der Waals surface area contributed by atoms with Crippen LogP contribution in [0.25, 0.3) is 0 Å². The summed E-state index contributed by atoms with van der Waals surface area (Å²) >= 11 is 0. The van der Waals surface area contributed by atoms with Crippen molar-refractivity contribution in [1.82, 2.24) is 5.32 Å². The normalized spacial score (nSPS) is 11.1. The van der Waals surface area contributed by atoms with Crippen LogP contribution in [0.5, 0.6) is 0 Å². The molecule has 0 aliphatic carbocycles. The Morgan fingerprint density at radius 2 is 1.42 bits per heavy atom. The minimum absolute atomic E-state index is 0.393. The molecule has 0 heterocycles. The van der Waals surface area contributed by atoms with E-state index in [1.165, 1.54) is 0 Å². The topological polar surface area (TPSA) is 49.3 Å². The van der Waals surface area contributed by atoms with E-state index in [-0.39, 0.29) is 0 Å². The molecular weight excluding hydrogens is 238 g/mol. The number of carbonyl (C=O) groups is 1. The van der Waals surface area contributed by atoms with Gasteiger partial charge in [0.05, 0.1) is 5.54 Å². The van der Waals surface area contributed by atoms with Crippen molar-refractivity contribution in [2.24, 2.45) is 0 Å². The third-order valence-corrected chi connectivity index (χ3v) is 3.24. The summed E-state index contributed by atoms with van der Waals surface area (Å²) in [5, 5.41) is 11.9. The number of benzene rings is 2. The van der Waals surface area contributed by atoms with Crippen LogP contribution < -0.4 is 5.32 Å². The van der Waals surface area contributed by atoms with Crippen LogP contribution in [0.2, 0.25) is 0 Å². The first kappa shape index (κ1) is 13.3. The number of aliphatic hydroxyl groups is 1. The minimum Gasteiger partial charge on any atom is -0.387 e. The fourth-order valence-corrected chi connectivity index (χ4v) is 2.17. The van der Waals surface area contributed by atoms with Crippen molar-refractivity contribution >= 4 is 5.91 Å². The number of rotatable bonds is 4. The third-order valence-electron chi connectivity index (χ3n) is 3.24. The zero-order chi connectivity index (χ0) is 13.7. The number of hydrogen-bond acceptors (Lipinski definition) is 2. The van der Waals surface area contributed by atoms with Gasteiger partial charge >= 0.3 is 0 Å². The van der Waals surface area contributed by atoms with E-state index in [4.69, 9.17) is 5.11 Å². The Morgan fingerprint density at radius 3 is 1.79 bits per heavy atom. The molecule has 0 saturated carbocycles. The van der Waals surface area contributed by atoms with E-state index in [0.717, 1.165) is 11.1 Å². The molecule has 0 bridgehead atoms. The highest BCUT2D eigenvalue weighted by atomic mass is 16.3. The predicted octanol–water partition coefficient (Wildman–Crippen LogP) is 2.06. The molecule has 2 aromatic carbocycles. The number of amides is 1. The monoisotopic (exact) mass is 255 g/mol. The first-order valence-electron chi connectivity index (χ1n) is 6.20. The van der Waals surface area contributed by atoms with E-state index >= 15 is 0 Å². The average Bonchev–Trinajstić information content (AvgIpc) is 2.48. The van der Waals surface area contributed by atoms with Crippen LogP contribution in [-0.4, -0.2) is 17.6 Å². The molecule has 0 spiro atoms. The van der Waals surface area contributed by atoms with Gasteiger partial charge in [-0.05, 0) is 18.1 Å². The molecule has 0 fully saturated rings. The summed E-state index contributed by atoms with van der Waals surface area (Å²) in [6.45, 7) is 1.42. The summed E-state index contributed by atoms with van der Waals surface area (Å²) < 4.78 is 0. The van der Waals surface area contributed by atoms with Crippen molar-refractivity contribution in [3.63, 3.8) is 0 Å². The summed E-state index contributed by atoms with van der Waals surface area (Å²) in [5.74, 6) is -0.393. The van der Waals surface area contributed by atoms with Gasteiger partial charge in [0.15, 0.2) is 0 Å². The van der Waals surface area contributed by atoms with Crippen LogP contribution >= 0.6 is 0 Å². The second-order valence-electron chi connectivity index (χ2n) is 4.56. The van der Waals surface area contributed by atoms with Crippen LogP contribution in [0.15, 0.2) is 60.7 Å². The Labute approximate surface area is 112 Å². The number of hydrogen-bond donors (Lipinski definition) is 2. The van der Waals surface area contributed by atoms with Gasteiger partial charge in [0.25, 0.3) is 0 Å². The van der Waals surface area contributed by atoms with E-state index in [2.05, 4.69) is 5.32 Å². The van der Waals surface area contributed by atoms with Crippen molar-refractivity contribution in [1.29, 1.82) is 0 Å². The Hall–Kier alpha value is -2.13. The quantitative estimate of drug-likeness (QED) is 0.878. The highest BCUT2D eigenvalue weighted by Crippen LogP contribution is 2.28. The van der Waals surface area contributed by atoms with Crippen molar-refractivity contribution in [2.75, 3.05) is 6.61 Å². The largest absolute Gasteiger partial charge is 0.387 e. The molecule has 0 aliphatic heterocycles. The Balaban J connectivity index is 2.47. The second-order valence-corrected chi connectivity index (χ2v) is 4.56. The SMILES string of the molecule is CC(NC(=O)CO)(c1ccccc1)c1ccccc1. The molecule has 3 nitrogen and oxygen atoms in total. The maximum absolute atomic E-state index is 11.6. The molecule has 0 atom stereocenters. The Bertz CT molecular complexity index is 498. The van der Waals surface area contributed by atoms with Crippen LogP contribution in [0.3, 0.4) is 0 Å². The smallest absolute Gasteiger partial charge is 0.246 e. The van der Waals surface area contributed by atoms with Gasteiger partial charge < -0.3 is 10.4 Å². The lowest BCUT2D eigenvalue weighted by atomic mass is 9.84. The molecule has 2 rings (SSSR count). The lowest BCUT2D eigenvalue weighted by Gasteiger charge is -2.32. The standard InChI is InChI=1S/C16H17NO2/c1-16(17-15(19)12-18,13-8-4-2-5-9-13)14-10-6-3-7-11-14/h2-11,18H,12H2,1H3,(H,17,19). The van der Waals surface area contributed by atoms with Gasteiger partial charge in [-0.3, -0.25) is 4.79 Å². The maximum Gasteiger partial charge on any atom is 0.246 e. The molecule has 0 aliphatic rings. The number of aliphatic hydroxyl groups excluding tert-OH is 1. The summed E-state index contributed by atoms with van der Waals surface area (Å²) in [4.78, 5) is 11.6. The van der Waals surface area contributed by atoms with Gasteiger partial charge in [-0.25, -0.2) is 0 Å². The van der Waals surface area contributed by atoms with E-state index in [1.807, 2.05) is 67.6 Å². The van der Waals surface area contributed by atoms with Crippen LogP contribution in [0.4, 0.5) is 0 Å². The molecule has 0 aromatic heterocycles. The molecule has 19 heavy (non-hydrogen) atoms. The molecule has 0 radical (unpaired) electrons. The van der Waals surface area contributed by atoms with Gasteiger partial charge in [0.1, 0.15) is 6.61 Å². The Kier molecular flexibility index (Phi) is 3.97. The molecule has 1 amide bonds. The highest BCUT2D eigenvalue weighted by Gasteiger charge is 2.30. The third kappa shape index (κ3) is 2.83. The number of carbonyl (C=O) groups excluding carboxylic acids is 1. The minimum atomic E-state index is -0.650. The second kappa shape index (κ2) is 5.67. The van der Waals surface area contributed by atoms with E-state index < -0.39 is 18.1 Å². The van der Waals surface area contributed by atoms with Gasteiger partial charge in [-0.1, -0.05) is 60.7 Å². The first-order valence-corrected chi connectivity index (χ1v) is 6.20. The fourth-order valence-electron chi connectivity index (χ4n) is 2.17. The van der Waals surface area contributed by atoms with Crippen LogP contribution in [0.1, 0.15) is 18.1 Å².